The summed E-state index contributed by atoms with van der Waals surface area (Å²) < 4.78 is 10.9. The molecule has 1 saturated heterocycles. The van der Waals surface area contributed by atoms with Crippen molar-refractivity contribution in [2.24, 2.45) is 0 Å². The highest BCUT2D eigenvalue weighted by molar-refractivity contribution is 6.30. The van der Waals surface area contributed by atoms with Gasteiger partial charge in [0.05, 0.1) is 17.1 Å². The number of carbonyl (C=O) groups is 1. The predicted octanol–water partition coefficient (Wildman–Crippen LogP) is 4.36. The maximum Gasteiger partial charge on any atom is 0.360 e. The first kappa shape index (κ1) is 17.7. The molecule has 1 aliphatic rings. The largest absolute Gasteiger partial charge is 0.458 e. The molecular weight excluding hydrogens is 366 g/mol. The summed E-state index contributed by atoms with van der Waals surface area (Å²) >= 11 is 6.05. The van der Waals surface area contributed by atoms with E-state index < -0.39 is 5.97 Å². The Morgan fingerprint density at radius 3 is 2.74 bits per heavy atom. The monoisotopic (exact) mass is 383 g/mol. The van der Waals surface area contributed by atoms with E-state index in [1.807, 2.05) is 36.4 Å². The summed E-state index contributed by atoms with van der Waals surface area (Å²) in [5.74, 6) is -0.207. The molecule has 0 saturated carbocycles. The molecule has 0 aliphatic carbocycles. The first-order chi connectivity index (χ1) is 13.2. The van der Waals surface area contributed by atoms with Crippen LogP contribution in [0.25, 0.3) is 11.0 Å². The van der Waals surface area contributed by atoms with Crippen LogP contribution in [0.2, 0.25) is 5.02 Å². The fourth-order valence-electron chi connectivity index (χ4n) is 2.95. The molecular formula is C20H18ClN3O3. The van der Waals surface area contributed by atoms with Gasteiger partial charge in [0.15, 0.2) is 11.5 Å². The number of anilines is 2. The molecule has 0 radical (unpaired) electrons. The lowest BCUT2D eigenvalue weighted by molar-refractivity contribution is 0.0157. The standard InChI is InChI=1S/C20H18ClN3O3/c21-13-5-3-6-14(11-13)22-19-18(20(25)27-12-15-7-4-10-26-15)23-16-8-1-2-9-17(16)24-19/h1-3,5-6,8-9,11,15H,4,7,10,12H2,(H,22,24). The Labute approximate surface area is 161 Å². The molecule has 1 aromatic heterocycles. The summed E-state index contributed by atoms with van der Waals surface area (Å²) in [7, 11) is 0. The number of halogens is 1. The van der Waals surface area contributed by atoms with Crippen molar-refractivity contribution in [1.29, 1.82) is 0 Å². The number of nitrogens with zero attached hydrogens (tertiary/aromatic N) is 2. The maximum atomic E-state index is 12.7. The number of aromatic nitrogens is 2. The van der Waals surface area contributed by atoms with Crippen LogP contribution in [0, 0.1) is 0 Å². The number of para-hydroxylation sites is 2. The number of ether oxygens (including phenoxy) is 2. The number of benzene rings is 2. The molecule has 0 amide bonds. The topological polar surface area (TPSA) is 73.3 Å². The number of fused-ring (bicyclic) bond motifs is 1. The Kier molecular flexibility index (Phi) is 5.18. The van der Waals surface area contributed by atoms with Crippen LogP contribution < -0.4 is 5.32 Å². The number of hydrogen-bond donors (Lipinski definition) is 1. The summed E-state index contributed by atoms with van der Waals surface area (Å²) in [6, 6.07) is 14.5. The van der Waals surface area contributed by atoms with Gasteiger partial charge in [-0.15, -0.1) is 0 Å². The Hall–Kier alpha value is -2.70. The number of carbonyl (C=O) groups excluding carboxylic acids is 1. The lowest BCUT2D eigenvalue weighted by atomic mass is 10.2. The summed E-state index contributed by atoms with van der Waals surface area (Å²) in [5.41, 5.74) is 2.14. The van der Waals surface area contributed by atoms with Gasteiger partial charge in [-0.1, -0.05) is 29.8 Å². The van der Waals surface area contributed by atoms with Crippen molar-refractivity contribution in [2.45, 2.75) is 18.9 Å². The van der Waals surface area contributed by atoms with Gasteiger partial charge in [-0.25, -0.2) is 14.8 Å². The second-order valence-corrected chi connectivity index (χ2v) is 6.71. The van der Waals surface area contributed by atoms with Crippen molar-refractivity contribution in [3.05, 3.63) is 59.2 Å². The highest BCUT2D eigenvalue weighted by Crippen LogP contribution is 2.24. The van der Waals surface area contributed by atoms with Crippen molar-refractivity contribution >= 4 is 40.1 Å². The molecule has 3 aromatic rings. The van der Waals surface area contributed by atoms with Crippen LogP contribution in [0.3, 0.4) is 0 Å². The van der Waals surface area contributed by atoms with Crippen molar-refractivity contribution in [1.82, 2.24) is 9.97 Å². The highest BCUT2D eigenvalue weighted by Gasteiger charge is 2.22. The zero-order valence-corrected chi connectivity index (χ0v) is 15.3. The smallest absolute Gasteiger partial charge is 0.360 e. The van der Waals surface area contributed by atoms with E-state index >= 15 is 0 Å². The molecule has 2 aromatic carbocycles. The van der Waals surface area contributed by atoms with E-state index in [0.717, 1.165) is 12.8 Å². The number of nitrogens with one attached hydrogen (secondary N) is 1. The average molecular weight is 384 g/mol. The van der Waals surface area contributed by atoms with E-state index in [0.29, 0.717) is 34.2 Å². The Morgan fingerprint density at radius 1 is 1.19 bits per heavy atom. The molecule has 0 spiro atoms. The van der Waals surface area contributed by atoms with Gasteiger partial charge in [-0.3, -0.25) is 0 Å². The minimum atomic E-state index is -0.534. The molecule has 0 bridgehead atoms. The number of hydrogen-bond acceptors (Lipinski definition) is 6. The quantitative estimate of drug-likeness (QED) is 0.660. The molecule has 1 unspecified atom stereocenters. The number of esters is 1. The van der Waals surface area contributed by atoms with Crippen LogP contribution >= 0.6 is 11.6 Å². The molecule has 1 atom stereocenters. The van der Waals surface area contributed by atoms with E-state index in [4.69, 9.17) is 21.1 Å². The van der Waals surface area contributed by atoms with Gasteiger partial charge >= 0.3 is 5.97 Å². The Morgan fingerprint density at radius 2 is 2.00 bits per heavy atom. The third kappa shape index (κ3) is 4.18. The highest BCUT2D eigenvalue weighted by atomic mass is 35.5. The second-order valence-electron chi connectivity index (χ2n) is 6.28. The van der Waals surface area contributed by atoms with Gasteiger partial charge in [0, 0.05) is 17.3 Å². The maximum absolute atomic E-state index is 12.7. The SMILES string of the molecule is O=C(OCC1CCCO1)c1nc2ccccc2nc1Nc1cccc(Cl)c1. The molecule has 138 valence electrons. The predicted molar refractivity (Wildman–Crippen MR) is 104 cm³/mol. The Balaban J connectivity index is 1.64. The third-order valence-electron chi connectivity index (χ3n) is 4.28. The van der Waals surface area contributed by atoms with Gasteiger partial charge in [-0.2, -0.15) is 0 Å². The fraction of sp³-hybridized carbons (Fsp3) is 0.250. The molecule has 7 heteroatoms. The van der Waals surface area contributed by atoms with Gasteiger partial charge in [0.2, 0.25) is 0 Å². The third-order valence-corrected chi connectivity index (χ3v) is 4.51. The molecule has 1 N–H and O–H groups in total. The first-order valence-electron chi connectivity index (χ1n) is 8.77. The van der Waals surface area contributed by atoms with Crippen LogP contribution in [-0.2, 0) is 9.47 Å². The van der Waals surface area contributed by atoms with Crippen LogP contribution in [-0.4, -0.2) is 35.3 Å². The van der Waals surface area contributed by atoms with Crippen LogP contribution in [0.1, 0.15) is 23.3 Å². The van der Waals surface area contributed by atoms with Crippen LogP contribution in [0.4, 0.5) is 11.5 Å². The summed E-state index contributed by atoms with van der Waals surface area (Å²) in [5, 5.41) is 3.70. The average Bonchev–Trinajstić information content (AvgIpc) is 3.19. The van der Waals surface area contributed by atoms with Gasteiger partial charge in [-0.05, 0) is 43.2 Å². The molecule has 1 aliphatic heterocycles. The Bertz CT molecular complexity index is 974. The zero-order chi connectivity index (χ0) is 18.6. The van der Waals surface area contributed by atoms with E-state index in [2.05, 4.69) is 15.3 Å². The van der Waals surface area contributed by atoms with Crippen molar-refractivity contribution in [2.75, 3.05) is 18.5 Å². The zero-order valence-electron chi connectivity index (χ0n) is 14.5. The van der Waals surface area contributed by atoms with E-state index in [9.17, 15) is 4.79 Å². The van der Waals surface area contributed by atoms with E-state index in [1.165, 1.54) is 0 Å². The lowest BCUT2D eigenvalue weighted by Crippen LogP contribution is -2.19. The minimum Gasteiger partial charge on any atom is -0.458 e. The molecule has 27 heavy (non-hydrogen) atoms. The summed E-state index contributed by atoms with van der Waals surface area (Å²) in [4.78, 5) is 21.7. The number of rotatable bonds is 5. The van der Waals surface area contributed by atoms with Gasteiger partial charge < -0.3 is 14.8 Å². The van der Waals surface area contributed by atoms with Gasteiger partial charge in [0.25, 0.3) is 0 Å². The lowest BCUT2D eigenvalue weighted by Gasteiger charge is -2.13. The van der Waals surface area contributed by atoms with E-state index in [-0.39, 0.29) is 18.4 Å². The van der Waals surface area contributed by atoms with Crippen molar-refractivity contribution in [3.8, 4) is 0 Å². The van der Waals surface area contributed by atoms with Crippen LogP contribution in [0.15, 0.2) is 48.5 Å². The second kappa shape index (κ2) is 7.90. The fourth-order valence-corrected chi connectivity index (χ4v) is 3.14. The summed E-state index contributed by atoms with van der Waals surface area (Å²) in [6.07, 6.45) is 1.83. The first-order valence-corrected chi connectivity index (χ1v) is 9.15. The van der Waals surface area contributed by atoms with E-state index in [1.54, 1.807) is 12.1 Å². The molecule has 1 fully saturated rings. The minimum absolute atomic E-state index is 0.0493. The normalized spacial score (nSPS) is 16.4. The molecule has 4 rings (SSSR count). The summed E-state index contributed by atoms with van der Waals surface area (Å²) in [6.45, 7) is 0.920. The van der Waals surface area contributed by atoms with Crippen molar-refractivity contribution in [3.63, 3.8) is 0 Å². The van der Waals surface area contributed by atoms with Gasteiger partial charge in [0.1, 0.15) is 6.61 Å². The molecule has 2 heterocycles. The molecule has 6 nitrogen and oxygen atoms in total. The van der Waals surface area contributed by atoms with Crippen LogP contribution in [0.5, 0.6) is 0 Å². The van der Waals surface area contributed by atoms with Crippen molar-refractivity contribution < 1.29 is 14.3 Å².